The third-order valence-corrected chi connectivity index (χ3v) is 3.90. The van der Waals surface area contributed by atoms with Crippen LogP contribution in [0.15, 0.2) is 29.0 Å². The van der Waals surface area contributed by atoms with Gasteiger partial charge in [-0.1, -0.05) is 5.16 Å². The number of aromatic nitrogens is 3. The monoisotopic (exact) mass is 325 g/mol. The van der Waals surface area contributed by atoms with E-state index in [-0.39, 0.29) is 18.3 Å². The lowest BCUT2D eigenvalue weighted by Crippen LogP contribution is -2.54. The SMILES string of the molecule is Cc1cc(CNC(=O)C2(n3cccn3)CCNCC2)on1.Cl. The smallest absolute Gasteiger partial charge is 0.248 e. The van der Waals surface area contributed by atoms with Crippen LogP contribution in [0, 0.1) is 6.92 Å². The summed E-state index contributed by atoms with van der Waals surface area (Å²) in [5, 5.41) is 14.3. The number of carbonyl (C=O) groups excluding carboxylic acids is 1. The van der Waals surface area contributed by atoms with Crippen molar-refractivity contribution in [2.75, 3.05) is 13.1 Å². The van der Waals surface area contributed by atoms with Crippen LogP contribution in [0.3, 0.4) is 0 Å². The first-order chi connectivity index (χ1) is 10.2. The van der Waals surface area contributed by atoms with Gasteiger partial charge in [0, 0.05) is 18.5 Å². The molecule has 1 fully saturated rings. The van der Waals surface area contributed by atoms with Crippen LogP contribution in [0.5, 0.6) is 0 Å². The Bertz CT molecular complexity index is 605. The van der Waals surface area contributed by atoms with Gasteiger partial charge in [0.1, 0.15) is 5.54 Å². The maximum Gasteiger partial charge on any atom is 0.248 e. The van der Waals surface area contributed by atoms with E-state index in [4.69, 9.17) is 4.52 Å². The molecule has 0 radical (unpaired) electrons. The van der Waals surface area contributed by atoms with Gasteiger partial charge in [0.25, 0.3) is 0 Å². The Morgan fingerprint density at radius 1 is 1.50 bits per heavy atom. The molecule has 0 bridgehead atoms. The van der Waals surface area contributed by atoms with E-state index >= 15 is 0 Å². The van der Waals surface area contributed by atoms with Gasteiger partial charge < -0.3 is 15.2 Å². The Kier molecular flexibility index (Phi) is 5.20. The number of rotatable bonds is 4. The van der Waals surface area contributed by atoms with E-state index in [0.29, 0.717) is 12.3 Å². The van der Waals surface area contributed by atoms with Crippen LogP contribution in [0.4, 0.5) is 0 Å². The summed E-state index contributed by atoms with van der Waals surface area (Å²) in [5.74, 6) is 0.632. The molecule has 2 N–H and O–H groups in total. The summed E-state index contributed by atoms with van der Waals surface area (Å²) in [6, 6.07) is 3.67. The quantitative estimate of drug-likeness (QED) is 0.876. The number of amides is 1. The van der Waals surface area contributed by atoms with Crippen LogP contribution in [-0.4, -0.2) is 33.9 Å². The van der Waals surface area contributed by atoms with Crippen molar-refractivity contribution in [3.63, 3.8) is 0 Å². The third-order valence-electron chi connectivity index (χ3n) is 3.90. The number of nitrogens with one attached hydrogen (secondary N) is 2. The van der Waals surface area contributed by atoms with Crippen molar-refractivity contribution >= 4 is 18.3 Å². The lowest BCUT2D eigenvalue weighted by molar-refractivity contribution is -0.132. The predicted octanol–water partition coefficient (Wildman–Crippen LogP) is 0.996. The molecule has 0 unspecified atom stereocenters. The maximum atomic E-state index is 12.7. The van der Waals surface area contributed by atoms with Gasteiger partial charge in [-0.05, 0) is 38.9 Å². The molecule has 3 heterocycles. The molecule has 2 aromatic rings. The Balaban J connectivity index is 0.00000176. The normalized spacial score (nSPS) is 16.8. The molecule has 0 spiro atoms. The van der Waals surface area contributed by atoms with Crippen LogP contribution in [0.1, 0.15) is 24.3 Å². The Hall–Kier alpha value is -1.86. The minimum absolute atomic E-state index is 0. The first kappa shape index (κ1) is 16.5. The highest BCUT2D eigenvalue weighted by molar-refractivity contribution is 5.85. The van der Waals surface area contributed by atoms with E-state index in [1.165, 1.54) is 0 Å². The molecule has 0 saturated carbocycles. The summed E-state index contributed by atoms with van der Waals surface area (Å²) in [6.45, 7) is 3.80. The van der Waals surface area contributed by atoms with E-state index in [1.807, 2.05) is 25.3 Å². The molecule has 2 aromatic heterocycles. The van der Waals surface area contributed by atoms with Gasteiger partial charge in [-0.2, -0.15) is 5.10 Å². The largest absolute Gasteiger partial charge is 0.359 e. The van der Waals surface area contributed by atoms with Crippen molar-refractivity contribution in [2.45, 2.75) is 31.8 Å². The zero-order valence-corrected chi connectivity index (χ0v) is 13.2. The second-order valence-electron chi connectivity index (χ2n) is 5.35. The van der Waals surface area contributed by atoms with Gasteiger partial charge in [-0.15, -0.1) is 12.4 Å². The molecule has 7 nitrogen and oxygen atoms in total. The Labute approximate surface area is 134 Å². The van der Waals surface area contributed by atoms with E-state index in [2.05, 4.69) is 20.9 Å². The second kappa shape index (κ2) is 6.93. The zero-order chi connectivity index (χ0) is 14.7. The molecule has 0 aliphatic carbocycles. The van der Waals surface area contributed by atoms with E-state index in [0.717, 1.165) is 31.6 Å². The summed E-state index contributed by atoms with van der Waals surface area (Å²) < 4.78 is 6.90. The van der Waals surface area contributed by atoms with E-state index in [9.17, 15) is 4.79 Å². The van der Waals surface area contributed by atoms with E-state index < -0.39 is 5.54 Å². The van der Waals surface area contributed by atoms with Crippen molar-refractivity contribution in [3.8, 4) is 0 Å². The number of nitrogens with zero attached hydrogens (tertiary/aromatic N) is 3. The molecular formula is C14H20ClN5O2. The number of carbonyl (C=O) groups is 1. The highest BCUT2D eigenvalue weighted by Gasteiger charge is 2.41. The summed E-state index contributed by atoms with van der Waals surface area (Å²) in [4.78, 5) is 12.7. The standard InChI is InChI=1S/C14H19N5O2.ClH/c1-11-9-12(21-18-11)10-16-13(20)14(3-6-15-7-4-14)19-8-2-5-17-19;/h2,5,8-9,15H,3-4,6-7,10H2,1H3,(H,16,20);1H. The Morgan fingerprint density at radius 3 is 2.86 bits per heavy atom. The Morgan fingerprint density at radius 2 is 2.27 bits per heavy atom. The van der Waals surface area contributed by atoms with Crippen LogP contribution < -0.4 is 10.6 Å². The molecule has 1 saturated heterocycles. The van der Waals surface area contributed by atoms with Gasteiger partial charge in [0.15, 0.2) is 5.76 Å². The first-order valence-corrected chi connectivity index (χ1v) is 7.12. The number of piperidine rings is 1. The number of hydrogen-bond acceptors (Lipinski definition) is 5. The van der Waals surface area contributed by atoms with Crippen molar-refractivity contribution in [1.29, 1.82) is 0 Å². The van der Waals surface area contributed by atoms with Crippen molar-refractivity contribution in [1.82, 2.24) is 25.6 Å². The molecule has 1 aliphatic rings. The summed E-state index contributed by atoms with van der Waals surface area (Å²) >= 11 is 0. The molecule has 120 valence electrons. The molecule has 3 rings (SSSR count). The third kappa shape index (κ3) is 3.15. The zero-order valence-electron chi connectivity index (χ0n) is 12.4. The maximum absolute atomic E-state index is 12.7. The van der Waals surface area contributed by atoms with Crippen LogP contribution >= 0.6 is 12.4 Å². The molecule has 0 atom stereocenters. The van der Waals surface area contributed by atoms with Crippen molar-refractivity contribution in [2.24, 2.45) is 0 Å². The van der Waals surface area contributed by atoms with Gasteiger partial charge in [-0.3, -0.25) is 9.48 Å². The topological polar surface area (TPSA) is 85.0 Å². The molecular weight excluding hydrogens is 306 g/mol. The van der Waals surface area contributed by atoms with Crippen LogP contribution in [0.2, 0.25) is 0 Å². The molecule has 0 aromatic carbocycles. The van der Waals surface area contributed by atoms with Crippen LogP contribution in [-0.2, 0) is 16.9 Å². The van der Waals surface area contributed by atoms with Crippen LogP contribution in [0.25, 0.3) is 0 Å². The fourth-order valence-corrected chi connectivity index (χ4v) is 2.75. The highest BCUT2D eigenvalue weighted by atomic mass is 35.5. The number of halogens is 1. The summed E-state index contributed by atoms with van der Waals surface area (Å²) in [7, 11) is 0. The fraction of sp³-hybridized carbons (Fsp3) is 0.500. The van der Waals surface area contributed by atoms with E-state index in [1.54, 1.807) is 10.9 Å². The fourth-order valence-electron chi connectivity index (χ4n) is 2.75. The minimum atomic E-state index is -0.621. The number of hydrogen-bond donors (Lipinski definition) is 2. The summed E-state index contributed by atoms with van der Waals surface area (Å²) in [6.07, 6.45) is 4.99. The average molecular weight is 326 g/mol. The van der Waals surface area contributed by atoms with Crippen molar-refractivity contribution in [3.05, 3.63) is 36.0 Å². The minimum Gasteiger partial charge on any atom is -0.359 e. The number of aryl methyl sites for hydroxylation is 1. The molecule has 1 aliphatic heterocycles. The molecule has 22 heavy (non-hydrogen) atoms. The van der Waals surface area contributed by atoms with Gasteiger partial charge in [0.05, 0.1) is 12.2 Å². The highest BCUT2D eigenvalue weighted by Crippen LogP contribution is 2.27. The van der Waals surface area contributed by atoms with Gasteiger partial charge in [0.2, 0.25) is 5.91 Å². The first-order valence-electron chi connectivity index (χ1n) is 7.12. The molecule has 1 amide bonds. The summed E-state index contributed by atoms with van der Waals surface area (Å²) in [5.41, 5.74) is 0.187. The predicted molar refractivity (Wildman–Crippen MR) is 82.6 cm³/mol. The second-order valence-corrected chi connectivity index (χ2v) is 5.35. The average Bonchev–Trinajstić information content (AvgIpc) is 3.17. The lowest BCUT2D eigenvalue weighted by Gasteiger charge is -2.36. The molecule has 8 heteroatoms. The van der Waals surface area contributed by atoms with Gasteiger partial charge >= 0.3 is 0 Å². The lowest BCUT2D eigenvalue weighted by atomic mass is 9.87. The van der Waals surface area contributed by atoms with Gasteiger partial charge in [-0.25, -0.2) is 0 Å². The van der Waals surface area contributed by atoms with Crippen molar-refractivity contribution < 1.29 is 9.32 Å².